The largest absolute Gasteiger partial charge is 0.357 e. The Labute approximate surface area is 184 Å². The first-order chi connectivity index (χ1) is 15.3. The molecule has 6 heteroatoms. The maximum Gasteiger partial charge on any atom is 0.225 e. The minimum absolute atomic E-state index is 0.232. The molecule has 0 aliphatic carbocycles. The minimum atomic E-state index is 0.232. The average Bonchev–Trinajstić information content (AvgIpc) is 2.85. The SMILES string of the molecule is CCNC(=NCC(c1ccccc1)c1ccccc1)N1CCN(c2ncccn2)CC1. The third-order valence-electron chi connectivity index (χ3n) is 5.58. The summed E-state index contributed by atoms with van der Waals surface area (Å²) >= 11 is 0. The van der Waals surface area contributed by atoms with Crippen LogP contribution in [0, 0.1) is 0 Å². The molecule has 0 saturated carbocycles. The lowest BCUT2D eigenvalue weighted by Gasteiger charge is -2.36. The highest BCUT2D eigenvalue weighted by atomic mass is 15.4. The van der Waals surface area contributed by atoms with Gasteiger partial charge in [0.1, 0.15) is 0 Å². The second-order valence-corrected chi connectivity index (χ2v) is 7.59. The van der Waals surface area contributed by atoms with Crippen molar-refractivity contribution in [3.63, 3.8) is 0 Å². The Kier molecular flexibility index (Phi) is 7.11. The van der Waals surface area contributed by atoms with Gasteiger partial charge in [0.05, 0.1) is 6.54 Å². The van der Waals surface area contributed by atoms with Gasteiger partial charge in [-0.25, -0.2) is 9.97 Å². The van der Waals surface area contributed by atoms with Gasteiger partial charge in [0, 0.05) is 51.0 Å². The molecule has 1 aromatic heterocycles. The second kappa shape index (κ2) is 10.6. The Balaban J connectivity index is 1.49. The Hall–Kier alpha value is -3.41. The summed E-state index contributed by atoms with van der Waals surface area (Å²) in [6, 6.07) is 23.2. The quantitative estimate of drug-likeness (QED) is 0.495. The zero-order chi connectivity index (χ0) is 21.3. The lowest BCUT2D eigenvalue weighted by molar-refractivity contribution is 0.370. The molecule has 1 aliphatic heterocycles. The van der Waals surface area contributed by atoms with Crippen molar-refractivity contribution in [2.24, 2.45) is 4.99 Å². The van der Waals surface area contributed by atoms with Crippen LogP contribution >= 0.6 is 0 Å². The smallest absolute Gasteiger partial charge is 0.225 e. The summed E-state index contributed by atoms with van der Waals surface area (Å²) in [5.41, 5.74) is 2.58. The van der Waals surface area contributed by atoms with Gasteiger partial charge in [-0.15, -0.1) is 0 Å². The van der Waals surface area contributed by atoms with Gasteiger partial charge in [-0.2, -0.15) is 0 Å². The Morgan fingerprint density at radius 1 is 0.871 bits per heavy atom. The van der Waals surface area contributed by atoms with Crippen LogP contribution < -0.4 is 10.2 Å². The first-order valence-electron chi connectivity index (χ1n) is 11.0. The maximum atomic E-state index is 5.07. The van der Waals surface area contributed by atoms with E-state index in [2.05, 4.69) is 92.7 Å². The van der Waals surface area contributed by atoms with Gasteiger partial charge in [0.2, 0.25) is 5.95 Å². The number of guanidine groups is 1. The molecule has 2 aromatic carbocycles. The highest BCUT2D eigenvalue weighted by Crippen LogP contribution is 2.25. The maximum absolute atomic E-state index is 5.07. The number of benzene rings is 2. The summed E-state index contributed by atoms with van der Waals surface area (Å²) in [4.78, 5) is 18.4. The molecular weight excluding hydrogens is 384 g/mol. The first kappa shape index (κ1) is 20.8. The molecule has 1 fully saturated rings. The van der Waals surface area contributed by atoms with Crippen molar-refractivity contribution in [2.45, 2.75) is 12.8 Å². The molecule has 3 aromatic rings. The van der Waals surface area contributed by atoms with E-state index in [1.807, 2.05) is 6.07 Å². The molecule has 0 atom stereocenters. The topological polar surface area (TPSA) is 56.7 Å². The van der Waals surface area contributed by atoms with E-state index in [0.717, 1.165) is 44.6 Å². The Morgan fingerprint density at radius 2 is 1.45 bits per heavy atom. The van der Waals surface area contributed by atoms with Gasteiger partial charge in [-0.05, 0) is 24.1 Å². The number of rotatable bonds is 6. The van der Waals surface area contributed by atoms with Gasteiger partial charge < -0.3 is 15.1 Å². The average molecular weight is 415 g/mol. The summed E-state index contributed by atoms with van der Waals surface area (Å²) in [6.07, 6.45) is 3.60. The molecule has 1 N–H and O–H groups in total. The van der Waals surface area contributed by atoms with Gasteiger partial charge in [-0.1, -0.05) is 60.7 Å². The van der Waals surface area contributed by atoms with Crippen LogP contribution in [0.5, 0.6) is 0 Å². The number of nitrogens with zero attached hydrogens (tertiary/aromatic N) is 5. The summed E-state index contributed by atoms with van der Waals surface area (Å²) in [7, 11) is 0. The zero-order valence-corrected chi connectivity index (χ0v) is 18.1. The minimum Gasteiger partial charge on any atom is -0.357 e. The number of nitrogens with one attached hydrogen (secondary N) is 1. The molecular formula is C25H30N6. The molecule has 1 saturated heterocycles. The normalized spacial score (nSPS) is 14.7. The standard InChI is InChI=1S/C25H30N6/c1-2-26-24(30-16-18-31(19-17-30)25-27-14-9-15-28-25)29-20-23(21-10-5-3-6-11-21)22-12-7-4-8-13-22/h3-15,23H,2,16-20H2,1H3,(H,26,29). The van der Waals surface area contributed by atoms with E-state index in [9.17, 15) is 0 Å². The monoisotopic (exact) mass is 414 g/mol. The molecule has 0 spiro atoms. The Bertz CT molecular complexity index is 898. The zero-order valence-electron chi connectivity index (χ0n) is 18.1. The van der Waals surface area contributed by atoms with Crippen molar-refractivity contribution in [2.75, 3.05) is 44.2 Å². The fraction of sp³-hybridized carbons (Fsp3) is 0.320. The van der Waals surface area contributed by atoms with E-state index in [1.54, 1.807) is 12.4 Å². The summed E-state index contributed by atoms with van der Waals surface area (Å²) < 4.78 is 0. The lowest BCUT2D eigenvalue weighted by atomic mass is 9.91. The van der Waals surface area contributed by atoms with Crippen LogP contribution in [0.2, 0.25) is 0 Å². The molecule has 160 valence electrons. The number of hydrogen-bond acceptors (Lipinski definition) is 4. The number of aromatic nitrogens is 2. The number of aliphatic imine (C=N–C) groups is 1. The number of hydrogen-bond donors (Lipinski definition) is 1. The van der Waals surface area contributed by atoms with Crippen LogP contribution in [0.15, 0.2) is 84.1 Å². The first-order valence-corrected chi connectivity index (χ1v) is 11.0. The van der Waals surface area contributed by atoms with Crippen LogP contribution in [-0.4, -0.2) is 60.1 Å². The Morgan fingerprint density at radius 3 is 2.00 bits per heavy atom. The molecule has 0 radical (unpaired) electrons. The van der Waals surface area contributed by atoms with E-state index >= 15 is 0 Å². The van der Waals surface area contributed by atoms with E-state index in [0.29, 0.717) is 6.54 Å². The summed E-state index contributed by atoms with van der Waals surface area (Å²) in [6.45, 7) is 7.23. The molecule has 0 amide bonds. The van der Waals surface area contributed by atoms with Crippen molar-refractivity contribution in [3.05, 3.63) is 90.3 Å². The predicted octanol–water partition coefficient (Wildman–Crippen LogP) is 3.40. The van der Waals surface area contributed by atoms with Crippen LogP contribution in [0.3, 0.4) is 0 Å². The van der Waals surface area contributed by atoms with Gasteiger partial charge in [0.25, 0.3) is 0 Å². The number of piperazine rings is 1. The van der Waals surface area contributed by atoms with Crippen molar-refractivity contribution < 1.29 is 0 Å². The molecule has 0 bridgehead atoms. The predicted molar refractivity (Wildman–Crippen MR) is 127 cm³/mol. The van der Waals surface area contributed by atoms with Crippen LogP contribution in [0.4, 0.5) is 5.95 Å². The van der Waals surface area contributed by atoms with Crippen molar-refractivity contribution in [1.82, 2.24) is 20.2 Å². The van der Waals surface area contributed by atoms with Crippen molar-refractivity contribution in [3.8, 4) is 0 Å². The summed E-state index contributed by atoms with van der Waals surface area (Å²) in [5, 5.41) is 3.49. The van der Waals surface area contributed by atoms with Gasteiger partial charge >= 0.3 is 0 Å². The second-order valence-electron chi connectivity index (χ2n) is 7.59. The fourth-order valence-corrected chi connectivity index (χ4v) is 3.95. The molecule has 1 aliphatic rings. The summed E-state index contributed by atoms with van der Waals surface area (Å²) in [5.74, 6) is 2.01. The van der Waals surface area contributed by atoms with Gasteiger partial charge in [-0.3, -0.25) is 4.99 Å². The van der Waals surface area contributed by atoms with E-state index in [1.165, 1.54) is 11.1 Å². The van der Waals surface area contributed by atoms with Crippen molar-refractivity contribution in [1.29, 1.82) is 0 Å². The molecule has 0 unspecified atom stereocenters. The highest BCUT2D eigenvalue weighted by Gasteiger charge is 2.22. The van der Waals surface area contributed by atoms with Crippen LogP contribution in [0.1, 0.15) is 24.0 Å². The van der Waals surface area contributed by atoms with Crippen LogP contribution in [0.25, 0.3) is 0 Å². The van der Waals surface area contributed by atoms with Crippen LogP contribution in [-0.2, 0) is 0 Å². The highest BCUT2D eigenvalue weighted by molar-refractivity contribution is 5.80. The number of anilines is 1. The third-order valence-corrected chi connectivity index (χ3v) is 5.58. The van der Waals surface area contributed by atoms with Crippen molar-refractivity contribution >= 4 is 11.9 Å². The molecule has 6 nitrogen and oxygen atoms in total. The van der Waals surface area contributed by atoms with E-state index < -0.39 is 0 Å². The van der Waals surface area contributed by atoms with E-state index in [4.69, 9.17) is 4.99 Å². The van der Waals surface area contributed by atoms with Gasteiger partial charge in [0.15, 0.2) is 5.96 Å². The lowest BCUT2D eigenvalue weighted by Crippen LogP contribution is -2.53. The molecule has 31 heavy (non-hydrogen) atoms. The molecule has 2 heterocycles. The fourth-order valence-electron chi connectivity index (χ4n) is 3.95. The van der Waals surface area contributed by atoms with E-state index in [-0.39, 0.29) is 5.92 Å². The molecule has 4 rings (SSSR count). The third kappa shape index (κ3) is 5.40.